The van der Waals surface area contributed by atoms with Crippen molar-refractivity contribution in [2.45, 2.75) is 19.9 Å². The Bertz CT molecular complexity index is 1080. The predicted octanol–water partition coefficient (Wildman–Crippen LogP) is 3.86. The monoisotopic (exact) mass is 371 g/mol. The van der Waals surface area contributed by atoms with E-state index in [-0.39, 0.29) is 11.9 Å². The van der Waals surface area contributed by atoms with Crippen molar-refractivity contribution in [3.8, 4) is 11.4 Å². The van der Waals surface area contributed by atoms with Crippen LogP contribution in [0.25, 0.3) is 11.4 Å². The van der Waals surface area contributed by atoms with Crippen molar-refractivity contribution in [1.29, 1.82) is 0 Å². The van der Waals surface area contributed by atoms with Gasteiger partial charge < -0.3 is 5.32 Å². The maximum Gasteiger partial charge on any atom is 0.253 e. The predicted molar refractivity (Wildman–Crippen MR) is 108 cm³/mol. The number of carbonyl (C=O) groups excluding carboxylic acids is 1. The van der Waals surface area contributed by atoms with Gasteiger partial charge in [0, 0.05) is 23.7 Å². The van der Waals surface area contributed by atoms with Gasteiger partial charge in [-0.05, 0) is 44.2 Å². The second-order valence-electron chi connectivity index (χ2n) is 6.60. The summed E-state index contributed by atoms with van der Waals surface area (Å²) in [6.07, 6.45) is 5.33. The minimum Gasteiger partial charge on any atom is -0.345 e. The van der Waals surface area contributed by atoms with Gasteiger partial charge in [-0.15, -0.1) is 0 Å². The highest BCUT2D eigenvalue weighted by atomic mass is 16.1. The molecule has 0 bridgehead atoms. The van der Waals surface area contributed by atoms with Crippen molar-refractivity contribution >= 4 is 5.91 Å². The van der Waals surface area contributed by atoms with E-state index in [1.165, 1.54) is 0 Å². The zero-order chi connectivity index (χ0) is 19.5. The molecular formula is C22H21N5O. The van der Waals surface area contributed by atoms with E-state index in [2.05, 4.69) is 15.5 Å². The summed E-state index contributed by atoms with van der Waals surface area (Å²) in [5.41, 5.74) is 4.29. The molecule has 0 aliphatic heterocycles. The fraction of sp³-hybridized carbons (Fsp3) is 0.136. The van der Waals surface area contributed by atoms with Gasteiger partial charge in [-0.3, -0.25) is 4.79 Å². The molecule has 0 radical (unpaired) electrons. The molecule has 1 atom stereocenters. The van der Waals surface area contributed by atoms with Crippen molar-refractivity contribution < 1.29 is 4.79 Å². The highest BCUT2D eigenvalue weighted by Gasteiger charge is 2.19. The summed E-state index contributed by atoms with van der Waals surface area (Å²) in [7, 11) is 0. The van der Waals surface area contributed by atoms with Crippen LogP contribution in [0.15, 0.2) is 79.3 Å². The number of hydrogen-bond acceptors (Lipinski definition) is 3. The molecule has 6 heteroatoms. The van der Waals surface area contributed by atoms with Gasteiger partial charge in [0.1, 0.15) is 0 Å². The molecule has 4 rings (SSSR count). The summed E-state index contributed by atoms with van der Waals surface area (Å²) < 4.78 is 3.58. The first-order valence-electron chi connectivity index (χ1n) is 9.15. The van der Waals surface area contributed by atoms with Gasteiger partial charge in [-0.1, -0.05) is 30.3 Å². The fourth-order valence-corrected chi connectivity index (χ4v) is 3.31. The number of benzene rings is 2. The van der Waals surface area contributed by atoms with Crippen LogP contribution in [0.4, 0.5) is 0 Å². The molecule has 4 aromatic rings. The first kappa shape index (κ1) is 17.7. The molecule has 0 fully saturated rings. The van der Waals surface area contributed by atoms with E-state index in [4.69, 9.17) is 0 Å². The van der Waals surface area contributed by atoms with Crippen molar-refractivity contribution in [1.82, 2.24) is 24.9 Å². The Morgan fingerprint density at radius 1 is 1.00 bits per heavy atom. The van der Waals surface area contributed by atoms with E-state index < -0.39 is 0 Å². The molecule has 2 aromatic heterocycles. The standard InChI is InChI=1S/C22H21N5O/c1-16(20-15-24-27(17(20)2)18-9-4-3-5-10-18)25-22(28)19-11-6-7-12-21(19)26-14-8-13-23-26/h3-16H,1-2H3,(H,25,28)/t16-/m1/s1. The molecule has 2 heterocycles. The first-order valence-corrected chi connectivity index (χ1v) is 9.15. The number of aromatic nitrogens is 4. The van der Waals surface area contributed by atoms with E-state index in [1.807, 2.05) is 85.5 Å². The van der Waals surface area contributed by atoms with E-state index in [1.54, 1.807) is 16.9 Å². The maximum absolute atomic E-state index is 13.0. The number of para-hydroxylation sites is 2. The summed E-state index contributed by atoms with van der Waals surface area (Å²) in [4.78, 5) is 13.0. The molecule has 0 saturated carbocycles. The minimum atomic E-state index is -0.185. The number of nitrogens with zero attached hydrogens (tertiary/aromatic N) is 4. The Morgan fingerprint density at radius 2 is 1.75 bits per heavy atom. The third-order valence-electron chi connectivity index (χ3n) is 4.76. The molecule has 6 nitrogen and oxygen atoms in total. The molecule has 0 unspecified atom stereocenters. The number of carbonyl (C=O) groups is 1. The average Bonchev–Trinajstić information content (AvgIpc) is 3.38. The molecule has 0 aliphatic carbocycles. The molecule has 28 heavy (non-hydrogen) atoms. The van der Waals surface area contributed by atoms with Crippen LogP contribution in [-0.2, 0) is 0 Å². The van der Waals surface area contributed by atoms with Gasteiger partial charge in [0.25, 0.3) is 5.91 Å². The smallest absolute Gasteiger partial charge is 0.253 e. The van der Waals surface area contributed by atoms with Gasteiger partial charge in [0.05, 0.1) is 29.2 Å². The zero-order valence-electron chi connectivity index (χ0n) is 15.8. The average molecular weight is 371 g/mol. The van der Waals surface area contributed by atoms with E-state index in [0.717, 1.165) is 22.6 Å². The quantitative estimate of drug-likeness (QED) is 0.579. The van der Waals surface area contributed by atoms with E-state index in [9.17, 15) is 4.79 Å². The van der Waals surface area contributed by atoms with Crippen LogP contribution < -0.4 is 5.32 Å². The lowest BCUT2D eigenvalue weighted by Crippen LogP contribution is -2.28. The third-order valence-corrected chi connectivity index (χ3v) is 4.76. The van der Waals surface area contributed by atoms with Crippen molar-refractivity contribution in [3.05, 3.63) is 96.1 Å². The molecule has 0 saturated heterocycles. The first-order chi connectivity index (χ1) is 13.6. The zero-order valence-corrected chi connectivity index (χ0v) is 15.8. The van der Waals surface area contributed by atoms with Gasteiger partial charge >= 0.3 is 0 Å². The molecule has 140 valence electrons. The summed E-state index contributed by atoms with van der Waals surface area (Å²) in [6.45, 7) is 3.98. The number of hydrogen-bond donors (Lipinski definition) is 1. The number of rotatable bonds is 5. The Balaban J connectivity index is 1.58. The van der Waals surface area contributed by atoms with Crippen LogP contribution >= 0.6 is 0 Å². The Hall–Kier alpha value is -3.67. The summed E-state index contributed by atoms with van der Waals surface area (Å²) >= 11 is 0. The Kier molecular flexibility index (Phi) is 4.76. The highest BCUT2D eigenvalue weighted by Crippen LogP contribution is 2.21. The summed E-state index contributed by atoms with van der Waals surface area (Å²) in [5.74, 6) is -0.148. The van der Waals surface area contributed by atoms with E-state index in [0.29, 0.717) is 5.56 Å². The van der Waals surface area contributed by atoms with Crippen molar-refractivity contribution in [3.63, 3.8) is 0 Å². The van der Waals surface area contributed by atoms with Crippen molar-refractivity contribution in [2.24, 2.45) is 0 Å². The molecule has 0 spiro atoms. The van der Waals surface area contributed by atoms with Crippen molar-refractivity contribution in [2.75, 3.05) is 0 Å². The normalized spacial score (nSPS) is 11.9. The van der Waals surface area contributed by atoms with Crippen LogP contribution in [0.1, 0.15) is 34.6 Å². The van der Waals surface area contributed by atoms with Crippen LogP contribution in [-0.4, -0.2) is 25.5 Å². The second-order valence-corrected chi connectivity index (χ2v) is 6.60. The van der Waals surface area contributed by atoms with Gasteiger partial charge in [0.2, 0.25) is 0 Å². The molecular weight excluding hydrogens is 350 g/mol. The lowest BCUT2D eigenvalue weighted by atomic mass is 10.1. The molecule has 1 N–H and O–H groups in total. The molecule has 1 amide bonds. The van der Waals surface area contributed by atoms with Gasteiger partial charge in [-0.25, -0.2) is 9.36 Å². The topological polar surface area (TPSA) is 64.7 Å². The lowest BCUT2D eigenvalue weighted by molar-refractivity contribution is 0.0939. The Morgan fingerprint density at radius 3 is 2.50 bits per heavy atom. The van der Waals surface area contributed by atoms with Gasteiger partial charge in [0.15, 0.2) is 0 Å². The van der Waals surface area contributed by atoms with Crippen LogP contribution in [0.3, 0.4) is 0 Å². The second kappa shape index (κ2) is 7.52. The fourth-order valence-electron chi connectivity index (χ4n) is 3.31. The SMILES string of the molecule is Cc1c([C@@H](C)NC(=O)c2ccccc2-n2cccn2)cnn1-c1ccccc1. The highest BCUT2D eigenvalue weighted by molar-refractivity contribution is 5.98. The molecule has 2 aromatic carbocycles. The maximum atomic E-state index is 13.0. The van der Waals surface area contributed by atoms with Crippen LogP contribution in [0.5, 0.6) is 0 Å². The van der Waals surface area contributed by atoms with E-state index >= 15 is 0 Å². The van der Waals surface area contributed by atoms with Crippen LogP contribution in [0.2, 0.25) is 0 Å². The van der Waals surface area contributed by atoms with Gasteiger partial charge in [-0.2, -0.15) is 10.2 Å². The summed E-state index contributed by atoms with van der Waals surface area (Å²) in [6, 6.07) is 19.0. The minimum absolute atomic E-state index is 0.148. The Labute approximate surface area is 163 Å². The largest absolute Gasteiger partial charge is 0.345 e. The lowest BCUT2D eigenvalue weighted by Gasteiger charge is -2.16. The summed E-state index contributed by atoms with van der Waals surface area (Å²) in [5, 5.41) is 11.8. The van der Waals surface area contributed by atoms with Crippen LogP contribution in [0, 0.1) is 6.92 Å². The number of nitrogens with one attached hydrogen (secondary N) is 1. The third kappa shape index (κ3) is 3.32. The molecule has 0 aliphatic rings. The number of amides is 1.